The highest BCUT2D eigenvalue weighted by atomic mass is 32.2. The summed E-state index contributed by atoms with van der Waals surface area (Å²) in [7, 11) is -1.22. The molecule has 3 nitrogen and oxygen atoms in total. The number of nitrogens with zero attached hydrogens (tertiary/aromatic N) is 2. The van der Waals surface area contributed by atoms with Gasteiger partial charge in [-0.15, -0.1) is 0 Å². The molecule has 1 heterocycles. The van der Waals surface area contributed by atoms with Crippen LogP contribution < -0.4 is 0 Å². The Morgan fingerprint density at radius 1 is 0.879 bits per heavy atom. The van der Waals surface area contributed by atoms with E-state index in [9.17, 15) is 21.8 Å². The molecule has 1 unspecified atom stereocenters. The molecule has 0 saturated heterocycles. The predicted octanol–water partition coefficient (Wildman–Crippen LogP) is 6.36. The van der Waals surface area contributed by atoms with Crippen LogP contribution in [-0.2, 0) is 29.9 Å². The van der Waals surface area contributed by atoms with Gasteiger partial charge in [-0.1, -0.05) is 54.6 Å². The van der Waals surface area contributed by atoms with Crippen molar-refractivity contribution in [1.29, 1.82) is 0 Å². The average molecular weight is 473 g/mol. The maximum absolute atomic E-state index is 14.3. The Bertz CT molecular complexity index is 1270. The summed E-state index contributed by atoms with van der Waals surface area (Å²) in [5, 5.41) is 4.36. The standard InChI is InChI=1S/C25H20F4N2OS/c1-33(32)21-13-9-19(10-14-21)23-22(18-7-11-20(26)12-8-18)24(25(27,28)29)31(30-23)16-15-17-5-3-2-4-6-17/h2-14H,15-16H2,1H3. The smallest absolute Gasteiger partial charge is 0.259 e. The van der Waals surface area contributed by atoms with E-state index in [0.29, 0.717) is 16.9 Å². The van der Waals surface area contributed by atoms with Crippen LogP contribution in [0.15, 0.2) is 83.8 Å². The van der Waals surface area contributed by atoms with Crippen LogP contribution in [0.4, 0.5) is 17.6 Å². The van der Waals surface area contributed by atoms with Crippen LogP contribution in [0, 0.1) is 5.82 Å². The Kier molecular flexibility index (Phi) is 6.47. The zero-order valence-corrected chi connectivity index (χ0v) is 18.5. The topological polar surface area (TPSA) is 34.9 Å². The van der Waals surface area contributed by atoms with Crippen LogP contribution in [0.1, 0.15) is 11.3 Å². The van der Waals surface area contributed by atoms with Gasteiger partial charge < -0.3 is 0 Å². The van der Waals surface area contributed by atoms with Crippen LogP contribution in [-0.4, -0.2) is 20.2 Å². The Morgan fingerprint density at radius 3 is 2.06 bits per heavy atom. The molecule has 0 N–H and O–H groups in total. The van der Waals surface area contributed by atoms with Gasteiger partial charge >= 0.3 is 6.18 Å². The largest absolute Gasteiger partial charge is 0.433 e. The molecule has 0 amide bonds. The number of hydrogen-bond donors (Lipinski definition) is 0. The van der Waals surface area contributed by atoms with E-state index in [-0.39, 0.29) is 23.4 Å². The number of aryl methyl sites for hydroxylation is 2. The van der Waals surface area contributed by atoms with E-state index in [0.717, 1.165) is 22.4 Å². The molecule has 0 fully saturated rings. The zero-order valence-electron chi connectivity index (χ0n) is 17.6. The molecule has 1 atom stereocenters. The van der Waals surface area contributed by atoms with E-state index in [1.165, 1.54) is 18.4 Å². The average Bonchev–Trinajstić information content (AvgIpc) is 3.19. The van der Waals surface area contributed by atoms with E-state index in [1.807, 2.05) is 30.3 Å². The van der Waals surface area contributed by atoms with E-state index in [2.05, 4.69) is 5.10 Å². The molecule has 33 heavy (non-hydrogen) atoms. The SMILES string of the molecule is CS(=O)c1ccc(-c2nn(CCc3ccccc3)c(C(F)(F)F)c2-c2ccc(F)cc2)cc1. The molecule has 0 saturated carbocycles. The van der Waals surface area contributed by atoms with Crippen molar-refractivity contribution in [3.8, 4) is 22.4 Å². The summed E-state index contributed by atoms with van der Waals surface area (Å²) in [6.07, 6.45) is -2.79. The number of benzene rings is 3. The summed E-state index contributed by atoms with van der Waals surface area (Å²) in [5.41, 5.74) is 0.695. The van der Waals surface area contributed by atoms with E-state index < -0.39 is 28.5 Å². The zero-order chi connectivity index (χ0) is 23.6. The van der Waals surface area contributed by atoms with Crippen molar-refractivity contribution in [2.75, 3.05) is 6.26 Å². The fraction of sp³-hybridized carbons (Fsp3) is 0.160. The number of alkyl halides is 3. The van der Waals surface area contributed by atoms with Gasteiger partial charge in [-0.3, -0.25) is 8.89 Å². The molecular weight excluding hydrogens is 452 g/mol. The minimum absolute atomic E-state index is 0.0180. The van der Waals surface area contributed by atoms with Gasteiger partial charge in [-0.25, -0.2) is 4.39 Å². The summed E-state index contributed by atoms with van der Waals surface area (Å²) >= 11 is 0. The molecule has 3 aromatic carbocycles. The monoisotopic (exact) mass is 472 g/mol. The number of aromatic nitrogens is 2. The lowest BCUT2D eigenvalue weighted by molar-refractivity contribution is -0.143. The first kappa shape index (κ1) is 22.9. The highest BCUT2D eigenvalue weighted by molar-refractivity contribution is 7.84. The lowest BCUT2D eigenvalue weighted by atomic mass is 9.98. The molecule has 0 aliphatic carbocycles. The lowest BCUT2D eigenvalue weighted by Gasteiger charge is -2.13. The third-order valence-corrected chi connectivity index (χ3v) is 6.20. The van der Waals surface area contributed by atoms with Gasteiger partial charge in [-0.2, -0.15) is 18.3 Å². The Balaban J connectivity index is 1.89. The van der Waals surface area contributed by atoms with Crippen LogP contribution in [0.25, 0.3) is 22.4 Å². The van der Waals surface area contributed by atoms with Gasteiger partial charge in [0.1, 0.15) is 11.5 Å². The second kappa shape index (κ2) is 9.31. The van der Waals surface area contributed by atoms with Crippen molar-refractivity contribution >= 4 is 10.8 Å². The van der Waals surface area contributed by atoms with Gasteiger partial charge in [0, 0.05) is 39.6 Å². The second-order valence-electron chi connectivity index (χ2n) is 7.51. The van der Waals surface area contributed by atoms with Crippen LogP contribution >= 0.6 is 0 Å². The van der Waals surface area contributed by atoms with Crippen LogP contribution in [0.3, 0.4) is 0 Å². The first-order valence-electron chi connectivity index (χ1n) is 10.2. The van der Waals surface area contributed by atoms with Crippen molar-refractivity contribution in [3.05, 3.63) is 95.9 Å². The molecular formula is C25H20F4N2OS. The van der Waals surface area contributed by atoms with Crippen molar-refractivity contribution < 1.29 is 21.8 Å². The minimum Gasteiger partial charge on any atom is -0.259 e. The molecule has 0 aliphatic heterocycles. The molecule has 1 aromatic heterocycles. The summed E-state index contributed by atoms with van der Waals surface area (Å²) < 4.78 is 69.2. The highest BCUT2D eigenvalue weighted by Gasteiger charge is 2.40. The molecule has 0 bridgehead atoms. The van der Waals surface area contributed by atoms with E-state index >= 15 is 0 Å². The van der Waals surface area contributed by atoms with Gasteiger partial charge in [0.15, 0.2) is 5.69 Å². The van der Waals surface area contributed by atoms with Crippen LogP contribution in [0.5, 0.6) is 0 Å². The fourth-order valence-corrected chi connectivity index (χ4v) is 4.21. The predicted molar refractivity (Wildman–Crippen MR) is 121 cm³/mol. The molecule has 0 radical (unpaired) electrons. The highest BCUT2D eigenvalue weighted by Crippen LogP contribution is 2.43. The van der Waals surface area contributed by atoms with Crippen molar-refractivity contribution in [2.45, 2.75) is 24.0 Å². The third kappa shape index (κ3) is 5.06. The molecule has 0 spiro atoms. The molecule has 170 valence electrons. The summed E-state index contributed by atoms with van der Waals surface area (Å²) in [4.78, 5) is 0.557. The number of halogens is 4. The normalized spacial score (nSPS) is 12.6. The summed E-state index contributed by atoms with van der Waals surface area (Å²) in [6, 6.07) is 20.5. The maximum Gasteiger partial charge on any atom is 0.433 e. The Hall–Kier alpha value is -3.26. The van der Waals surface area contributed by atoms with E-state index in [1.54, 1.807) is 24.3 Å². The maximum atomic E-state index is 14.3. The molecule has 4 aromatic rings. The summed E-state index contributed by atoms with van der Waals surface area (Å²) in [5.74, 6) is -0.542. The lowest BCUT2D eigenvalue weighted by Crippen LogP contribution is -2.16. The van der Waals surface area contributed by atoms with Crippen molar-refractivity contribution in [1.82, 2.24) is 9.78 Å². The molecule has 0 aliphatic rings. The van der Waals surface area contributed by atoms with Gasteiger partial charge in [0.25, 0.3) is 0 Å². The van der Waals surface area contributed by atoms with Crippen molar-refractivity contribution in [3.63, 3.8) is 0 Å². The minimum atomic E-state index is -4.68. The Labute approximate surface area is 191 Å². The number of rotatable bonds is 6. The van der Waals surface area contributed by atoms with E-state index in [4.69, 9.17) is 0 Å². The number of hydrogen-bond acceptors (Lipinski definition) is 2. The van der Waals surface area contributed by atoms with Crippen LogP contribution in [0.2, 0.25) is 0 Å². The summed E-state index contributed by atoms with van der Waals surface area (Å²) in [6.45, 7) is 0.0180. The van der Waals surface area contributed by atoms with Gasteiger partial charge in [0.05, 0.1) is 0 Å². The Morgan fingerprint density at radius 2 is 1.48 bits per heavy atom. The molecule has 4 rings (SSSR count). The molecule has 8 heteroatoms. The first-order chi connectivity index (χ1) is 15.7. The van der Waals surface area contributed by atoms with Gasteiger partial charge in [0.2, 0.25) is 0 Å². The second-order valence-corrected chi connectivity index (χ2v) is 8.89. The van der Waals surface area contributed by atoms with Gasteiger partial charge in [-0.05, 0) is 41.8 Å². The van der Waals surface area contributed by atoms with Crippen molar-refractivity contribution in [2.24, 2.45) is 0 Å². The quantitative estimate of drug-likeness (QED) is 0.306. The third-order valence-electron chi connectivity index (χ3n) is 5.27. The fourth-order valence-electron chi connectivity index (χ4n) is 3.69. The first-order valence-corrected chi connectivity index (χ1v) is 11.7.